The maximum atomic E-state index is 12.7. The third-order valence-corrected chi connectivity index (χ3v) is 5.30. The standard InChI is InChI=1S/C19H18ClF3N6O2.H2/c1-28(9-19(21,22)23)18(31)13-3-2-4-29(13)17-14(30)8-26-16(27-17)12-7-25-15-11(12)5-10(20)6-24-15;/h5-8,13,30H,2-4,9H2,1H3,(H,24,25);1H/t13-;/m1./s1. The van der Waals surface area contributed by atoms with Gasteiger partial charge in [-0.15, -0.1) is 0 Å². The van der Waals surface area contributed by atoms with Crippen molar-refractivity contribution < 1.29 is 24.5 Å². The van der Waals surface area contributed by atoms with Crippen LogP contribution in [0.5, 0.6) is 5.75 Å². The summed E-state index contributed by atoms with van der Waals surface area (Å²) in [5.74, 6) is -0.606. The van der Waals surface area contributed by atoms with Crippen molar-refractivity contribution in [3.63, 3.8) is 0 Å². The van der Waals surface area contributed by atoms with Gasteiger partial charge in [0, 0.05) is 38.4 Å². The number of likely N-dealkylation sites (N-methyl/N-ethyl adjacent to an activating group) is 1. The first-order chi connectivity index (χ1) is 14.6. The Morgan fingerprint density at radius 2 is 2.19 bits per heavy atom. The molecule has 1 saturated heterocycles. The zero-order valence-corrected chi connectivity index (χ0v) is 17.1. The molecular weight excluding hydrogens is 437 g/mol. The number of rotatable bonds is 4. The first-order valence-electron chi connectivity index (χ1n) is 9.41. The molecule has 0 aromatic carbocycles. The SMILES string of the molecule is CN(CC(F)(F)F)C(=O)[C@H]1CCCN1c1nc(-c2c[nH]c3ncc(Cl)cc23)ncc1O.[HH]. The molecule has 0 saturated carbocycles. The number of pyridine rings is 1. The van der Waals surface area contributed by atoms with E-state index in [1.54, 1.807) is 12.3 Å². The van der Waals surface area contributed by atoms with Gasteiger partial charge in [0.1, 0.15) is 18.2 Å². The molecule has 0 spiro atoms. The second-order valence-corrected chi connectivity index (χ2v) is 7.75. The van der Waals surface area contributed by atoms with Crippen LogP contribution in [0.3, 0.4) is 0 Å². The van der Waals surface area contributed by atoms with Crippen LogP contribution in [0.1, 0.15) is 14.3 Å². The molecule has 4 rings (SSSR count). The summed E-state index contributed by atoms with van der Waals surface area (Å²) in [5.41, 5.74) is 1.16. The van der Waals surface area contributed by atoms with E-state index in [0.717, 1.165) is 7.05 Å². The summed E-state index contributed by atoms with van der Waals surface area (Å²) in [6.07, 6.45) is 0.767. The highest BCUT2D eigenvalue weighted by molar-refractivity contribution is 6.31. The molecular formula is C19H20ClF3N6O2. The monoisotopic (exact) mass is 456 g/mol. The lowest BCUT2D eigenvalue weighted by Crippen LogP contribution is -2.47. The summed E-state index contributed by atoms with van der Waals surface area (Å²) in [4.78, 5) is 30.6. The Balaban J connectivity index is 0.00000289. The molecule has 1 amide bonds. The molecule has 0 bridgehead atoms. The summed E-state index contributed by atoms with van der Waals surface area (Å²) in [6, 6.07) is 0.833. The van der Waals surface area contributed by atoms with E-state index in [4.69, 9.17) is 11.6 Å². The first kappa shape index (κ1) is 21.2. The fourth-order valence-electron chi connectivity index (χ4n) is 3.75. The fourth-order valence-corrected chi connectivity index (χ4v) is 3.91. The molecule has 0 unspecified atom stereocenters. The number of aromatic hydroxyl groups is 1. The number of aromatic amines is 1. The van der Waals surface area contributed by atoms with Gasteiger partial charge in [-0.1, -0.05) is 11.6 Å². The van der Waals surface area contributed by atoms with Gasteiger partial charge in [-0.3, -0.25) is 4.79 Å². The molecule has 166 valence electrons. The molecule has 12 heteroatoms. The number of hydrogen-bond donors (Lipinski definition) is 2. The highest BCUT2D eigenvalue weighted by atomic mass is 35.5. The van der Waals surface area contributed by atoms with Gasteiger partial charge >= 0.3 is 6.18 Å². The Kier molecular flexibility index (Phi) is 5.38. The molecule has 0 radical (unpaired) electrons. The second kappa shape index (κ2) is 7.88. The summed E-state index contributed by atoms with van der Waals surface area (Å²) in [7, 11) is 1.11. The number of anilines is 1. The minimum absolute atomic E-state index is 0. The summed E-state index contributed by atoms with van der Waals surface area (Å²) < 4.78 is 38.2. The Bertz CT molecular complexity index is 1140. The van der Waals surface area contributed by atoms with Gasteiger partial charge in [-0.05, 0) is 18.9 Å². The quantitative estimate of drug-likeness (QED) is 0.622. The first-order valence-corrected chi connectivity index (χ1v) is 9.79. The molecule has 3 aromatic rings. The van der Waals surface area contributed by atoms with Crippen molar-refractivity contribution in [3.05, 3.63) is 29.7 Å². The number of hydrogen-bond acceptors (Lipinski definition) is 6. The van der Waals surface area contributed by atoms with Crippen molar-refractivity contribution in [1.82, 2.24) is 24.8 Å². The molecule has 8 nitrogen and oxygen atoms in total. The Morgan fingerprint density at radius 3 is 2.94 bits per heavy atom. The average molecular weight is 457 g/mol. The molecule has 1 aliphatic rings. The maximum absolute atomic E-state index is 12.7. The molecule has 0 aliphatic carbocycles. The number of carbonyl (C=O) groups excluding carboxylic acids is 1. The summed E-state index contributed by atoms with van der Waals surface area (Å²) >= 11 is 6.04. The van der Waals surface area contributed by atoms with E-state index in [1.807, 2.05) is 0 Å². The second-order valence-electron chi connectivity index (χ2n) is 7.32. The molecule has 2 N–H and O–H groups in total. The van der Waals surface area contributed by atoms with E-state index in [1.165, 1.54) is 17.3 Å². The van der Waals surface area contributed by atoms with Crippen molar-refractivity contribution in [3.8, 4) is 17.1 Å². The summed E-state index contributed by atoms with van der Waals surface area (Å²) in [6.45, 7) is -0.984. The van der Waals surface area contributed by atoms with Gasteiger partial charge in [-0.2, -0.15) is 13.2 Å². The van der Waals surface area contributed by atoms with Crippen molar-refractivity contribution in [2.75, 3.05) is 25.0 Å². The van der Waals surface area contributed by atoms with Crippen LogP contribution in [0, 0.1) is 0 Å². The number of carbonyl (C=O) groups is 1. The lowest BCUT2D eigenvalue weighted by atomic mass is 10.2. The van der Waals surface area contributed by atoms with Crippen LogP contribution >= 0.6 is 11.6 Å². The van der Waals surface area contributed by atoms with E-state index < -0.39 is 24.7 Å². The lowest BCUT2D eigenvalue weighted by Gasteiger charge is -2.29. The van der Waals surface area contributed by atoms with Crippen molar-refractivity contribution in [1.29, 1.82) is 0 Å². The molecule has 1 aliphatic heterocycles. The van der Waals surface area contributed by atoms with Crippen LogP contribution in [-0.2, 0) is 4.79 Å². The van der Waals surface area contributed by atoms with Crippen LogP contribution in [0.15, 0.2) is 24.7 Å². The zero-order valence-electron chi connectivity index (χ0n) is 16.3. The van der Waals surface area contributed by atoms with Crippen LogP contribution in [0.25, 0.3) is 22.4 Å². The Hall–Kier alpha value is -3.08. The van der Waals surface area contributed by atoms with Gasteiger partial charge in [0.15, 0.2) is 17.4 Å². The topological polar surface area (TPSA) is 98.2 Å². The summed E-state index contributed by atoms with van der Waals surface area (Å²) in [5, 5.41) is 11.5. The number of alkyl halides is 3. The highest BCUT2D eigenvalue weighted by Crippen LogP contribution is 2.35. The zero-order chi connectivity index (χ0) is 22.3. The minimum atomic E-state index is -4.50. The Labute approximate surface area is 181 Å². The van der Waals surface area contributed by atoms with E-state index in [0.29, 0.717) is 45.9 Å². The van der Waals surface area contributed by atoms with E-state index in [9.17, 15) is 23.1 Å². The van der Waals surface area contributed by atoms with Crippen molar-refractivity contribution in [2.45, 2.75) is 25.1 Å². The molecule has 1 atom stereocenters. The van der Waals surface area contributed by atoms with Gasteiger partial charge < -0.3 is 19.9 Å². The highest BCUT2D eigenvalue weighted by Gasteiger charge is 2.38. The third kappa shape index (κ3) is 4.22. The lowest BCUT2D eigenvalue weighted by molar-refractivity contribution is -0.159. The molecule has 4 heterocycles. The van der Waals surface area contributed by atoms with E-state index in [-0.39, 0.29) is 18.8 Å². The van der Waals surface area contributed by atoms with Gasteiger partial charge in [0.25, 0.3) is 0 Å². The van der Waals surface area contributed by atoms with Crippen molar-refractivity contribution in [2.24, 2.45) is 0 Å². The van der Waals surface area contributed by atoms with Gasteiger partial charge in [0.2, 0.25) is 5.91 Å². The van der Waals surface area contributed by atoms with E-state index in [2.05, 4.69) is 19.9 Å². The number of nitrogens with zero attached hydrogens (tertiary/aromatic N) is 5. The smallest absolute Gasteiger partial charge is 0.406 e. The predicted octanol–water partition coefficient (Wildman–Crippen LogP) is 3.61. The van der Waals surface area contributed by atoms with Crippen LogP contribution in [0.4, 0.5) is 19.0 Å². The number of fused-ring (bicyclic) bond motifs is 1. The number of H-pyrrole nitrogens is 1. The molecule has 1 fully saturated rings. The van der Waals surface area contributed by atoms with Gasteiger partial charge in [0.05, 0.1) is 11.2 Å². The van der Waals surface area contributed by atoms with Crippen LogP contribution in [0.2, 0.25) is 5.02 Å². The van der Waals surface area contributed by atoms with Crippen LogP contribution < -0.4 is 4.90 Å². The number of amides is 1. The minimum Gasteiger partial charge on any atom is -0.503 e. The molecule has 31 heavy (non-hydrogen) atoms. The van der Waals surface area contributed by atoms with Crippen molar-refractivity contribution >= 4 is 34.4 Å². The number of nitrogens with one attached hydrogen (secondary N) is 1. The number of halogens is 4. The average Bonchev–Trinajstić information content (AvgIpc) is 3.33. The fraction of sp³-hybridized carbons (Fsp3) is 0.368. The third-order valence-electron chi connectivity index (χ3n) is 5.09. The largest absolute Gasteiger partial charge is 0.503 e. The number of aromatic nitrogens is 4. The Morgan fingerprint density at radius 1 is 1.42 bits per heavy atom. The van der Waals surface area contributed by atoms with Gasteiger partial charge in [-0.25, -0.2) is 15.0 Å². The predicted molar refractivity (Wildman–Crippen MR) is 110 cm³/mol. The van der Waals surface area contributed by atoms with E-state index >= 15 is 0 Å². The normalized spacial score (nSPS) is 16.8. The molecule has 3 aromatic heterocycles. The van der Waals surface area contributed by atoms with Crippen LogP contribution in [-0.4, -0.2) is 68.2 Å². The maximum Gasteiger partial charge on any atom is 0.406 e.